The quantitative estimate of drug-likeness (QED) is 0.882. The Morgan fingerprint density at radius 1 is 1.13 bits per heavy atom. The highest BCUT2D eigenvalue weighted by Crippen LogP contribution is 2.29. The van der Waals surface area contributed by atoms with E-state index >= 15 is 0 Å². The van der Waals surface area contributed by atoms with E-state index in [0.29, 0.717) is 5.56 Å². The molecule has 2 aliphatic rings. The first-order valence-corrected chi connectivity index (χ1v) is 8.26. The van der Waals surface area contributed by atoms with Crippen LogP contribution in [0, 0.1) is 11.8 Å². The number of carbonyl (C=O) groups is 1. The van der Waals surface area contributed by atoms with Crippen molar-refractivity contribution in [2.45, 2.75) is 12.8 Å². The summed E-state index contributed by atoms with van der Waals surface area (Å²) in [5.74, 6) is 1.52. The molecule has 4 heterocycles. The molecule has 4 rings (SSSR count). The number of likely N-dealkylation sites (tertiary alicyclic amines) is 1. The van der Waals surface area contributed by atoms with Crippen LogP contribution in [0.4, 0.5) is 0 Å². The second kappa shape index (κ2) is 6.12. The molecule has 2 aliphatic heterocycles. The zero-order valence-corrected chi connectivity index (χ0v) is 13.0. The highest BCUT2D eigenvalue weighted by molar-refractivity contribution is 5.99. The summed E-state index contributed by atoms with van der Waals surface area (Å²) in [4.78, 5) is 19.0. The smallest absolute Gasteiger partial charge is 0.257 e. The number of hydrogen-bond acceptors (Lipinski definition) is 4. The number of pyridine rings is 1. The molecule has 120 valence electrons. The molecule has 0 radical (unpaired) electrons. The van der Waals surface area contributed by atoms with Gasteiger partial charge in [0.25, 0.3) is 5.91 Å². The lowest BCUT2D eigenvalue weighted by Crippen LogP contribution is -2.32. The van der Waals surface area contributed by atoms with Gasteiger partial charge in [0, 0.05) is 31.0 Å². The van der Waals surface area contributed by atoms with Crippen molar-refractivity contribution in [2.24, 2.45) is 11.8 Å². The van der Waals surface area contributed by atoms with Crippen molar-refractivity contribution in [3.05, 3.63) is 36.3 Å². The van der Waals surface area contributed by atoms with Gasteiger partial charge in [-0.15, -0.1) is 0 Å². The molecule has 0 aliphatic carbocycles. The van der Waals surface area contributed by atoms with Gasteiger partial charge in [-0.1, -0.05) is 0 Å². The molecule has 2 N–H and O–H groups in total. The van der Waals surface area contributed by atoms with Crippen LogP contribution in [0.3, 0.4) is 0 Å². The molecule has 2 saturated heterocycles. The van der Waals surface area contributed by atoms with Crippen molar-refractivity contribution in [3.63, 3.8) is 0 Å². The minimum atomic E-state index is 0.0819. The van der Waals surface area contributed by atoms with E-state index in [-0.39, 0.29) is 5.91 Å². The van der Waals surface area contributed by atoms with Crippen molar-refractivity contribution in [3.8, 4) is 11.3 Å². The van der Waals surface area contributed by atoms with E-state index in [9.17, 15) is 4.79 Å². The van der Waals surface area contributed by atoms with Gasteiger partial charge in [-0.2, -0.15) is 5.10 Å². The molecule has 2 atom stereocenters. The van der Waals surface area contributed by atoms with Crippen LogP contribution in [-0.2, 0) is 0 Å². The number of nitrogens with zero attached hydrogens (tertiary/aromatic N) is 3. The lowest BCUT2D eigenvalue weighted by atomic mass is 9.92. The van der Waals surface area contributed by atoms with Gasteiger partial charge in [0.1, 0.15) is 0 Å². The van der Waals surface area contributed by atoms with Crippen LogP contribution in [0.15, 0.2) is 30.7 Å². The summed E-state index contributed by atoms with van der Waals surface area (Å²) < 4.78 is 0. The second-order valence-corrected chi connectivity index (χ2v) is 6.44. The first kappa shape index (κ1) is 14.4. The lowest BCUT2D eigenvalue weighted by molar-refractivity contribution is 0.0759. The van der Waals surface area contributed by atoms with Crippen LogP contribution in [-0.4, -0.2) is 52.2 Å². The Hall–Kier alpha value is -2.21. The van der Waals surface area contributed by atoms with E-state index in [1.807, 2.05) is 17.0 Å². The largest absolute Gasteiger partial charge is 0.339 e. The van der Waals surface area contributed by atoms with Gasteiger partial charge in [0.05, 0.1) is 17.5 Å². The first-order chi connectivity index (χ1) is 11.3. The molecule has 2 aromatic heterocycles. The van der Waals surface area contributed by atoms with Gasteiger partial charge in [-0.05, 0) is 49.9 Å². The molecule has 1 amide bonds. The van der Waals surface area contributed by atoms with Gasteiger partial charge in [-0.25, -0.2) is 0 Å². The highest BCUT2D eigenvalue weighted by Gasteiger charge is 2.32. The molecular formula is C17H21N5O. The Bertz CT molecular complexity index is 669. The number of aromatic amines is 1. The molecule has 0 unspecified atom stereocenters. The molecule has 6 nitrogen and oxygen atoms in total. The van der Waals surface area contributed by atoms with E-state index in [0.717, 1.165) is 62.1 Å². The van der Waals surface area contributed by atoms with E-state index in [4.69, 9.17) is 0 Å². The van der Waals surface area contributed by atoms with Gasteiger partial charge in [-0.3, -0.25) is 14.9 Å². The predicted octanol–water partition coefficient (Wildman–Crippen LogP) is 1.54. The fourth-order valence-corrected chi connectivity index (χ4v) is 3.78. The van der Waals surface area contributed by atoms with E-state index < -0.39 is 0 Å². The van der Waals surface area contributed by atoms with Crippen molar-refractivity contribution >= 4 is 5.91 Å². The van der Waals surface area contributed by atoms with Gasteiger partial charge >= 0.3 is 0 Å². The average molecular weight is 311 g/mol. The highest BCUT2D eigenvalue weighted by atomic mass is 16.2. The number of rotatable bonds is 2. The van der Waals surface area contributed by atoms with E-state index in [1.54, 1.807) is 18.6 Å². The Morgan fingerprint density at radius 2 is 1.83 bits per heavy atom. The fourth-order valence-electron chi connectivity index (χ4n) is 3.78. The Morgan fingerprint density at radius 3 is 2.52 bits per heavy atom. The number of nitrogens with one attached hydrogen (secondary N) is 2. The van der Waals surface area contributed by atoms with E-state index in [2.05, 4.69) is 20.5 Å². The molecule has 6 heteroatoms. The predicted molar refractivity (Wildman–Crippen MR) is 86.8 cm³/mol. The molecule has 2 aromatic rings. The number of fused-ring (bicyclic) bond motifs is 1. The zero-order valence-electron chi connectivity index (χ0n) is 13.0. The lowest BCUT2D eigenvalue weighted by Gasteiger charge is -2.20. The monoisotopic (exact) mass is 311 g/mol. The number of H-pyrrole nitrogens is 1. The molecular weight excluding hydrogens is 290 g/mol. The van der Waals surface area contributed by atoms with Crippen LogP contribution in [0.5, 0.6) is 0 Å². The fraction of sp³-hybridized carbons (Fsp3) is 0.471. The van der Waals surface area contributed by atoms with Crippen molar-refractivity contribution in [1.29, 1.82) is 0 Å². The van der Waals surface area contributed by atoms with Gasteiger partial charge in [0.2, 0.25) is 0 Å². The Labute approximate surface area is 135 Å². The maximum absolute atomic E-state index is 13.0. The van der Waals surface area contributed by atoms with Crippen LogP contribution in [0.2, 0.25) is 0 Å². The molecule has 0 spiro atoms. The number of aromatic nitrogens is 3. The minimum absolute atomic E-state index is 0.0819. The van der Waals surface area contributed by atoms with Gasteiger partial charge in [0.15, 0.2) is 0 Å². The third-order valence-corrected chi connectivity index (χ3v) is 5.15. The molecule has 0 aromatic carbocycles. The summed E-state index contributed by atoms with van der Waals surface area (Å²) in [6, 6.07) is 3.78. The molecule has 23 heavy (non-hydrogen) atoms. The Kier molecular flexibility index (Phi) is 3.83. The summed E-state index contributed by atoms with van der Waals surface area (Å²) in [6.07, 6.45) is 7.28. The summed E-state index contributed by atoms with van der Waals surface area (Å²) in [5, 5.41) is 10.5. The number of amides is 1. The van der Waals surface area contributed by atoms with Crippen molar-refractivity contribution in [2.75, 3.05) is 26.2 Å². The van der Waals surface area contributed by atoms with E-state index in [1.165, 1.54) is 0 Å². The number of carbonyl (C=O) groups excluding carboxylic acids is 1. The first-order valence-electron chi connectivity index (χ1n) is 8.26. The molecule has 0 bridgehead atoms. The zero-order chi connectivity index (χ0) is 15.6. The maximum atomic E-state index is 13.0. The molecule has 2 fully saturated rings. The standard InChI is InChI=1S/C17H21N5O/c23-17(22-7-3-13-9-19-10-14(13)4-8-22)15-11-20-21-16(15)12-1-5-18-6-2-12/h1-2,5-6,11,13-14,19H,3-4,7-10H2,(H,20,21)/t13-,14+. The van der Waals surface area contributed by atoms with Crippen LogP contribution in [0.25, 0.3) is 11.3 Å². The topological polar surface area (TPSA) is 73.9 Å². The Balaban J connectivity index is 1.55. The minimum Gasteiger partial charge on any atom is -0.339 e. The average Bonchev–Trinajstić information content (AvgIpc) is 3.21. The van der Waals surface area contributed by atoms with Crippen LogP contribution in [0.1, 0.15) is 23.2 Å². The van der Waals surface area contributed by atoms with Crippen molar-refractivity contribution < 1.29 is 4.79 Å². The summed E-state index contributed by atoms with van der Waals surface area (Å²) in [6.45, 7) is 3.87. The summed E-state index contributed by atoms with van der Waals surface area (Å²) in [7, 11) is 0. The third kappa shape index (κ3) is 2.74. The maximum Gasteiger partial charge on any atom is 0.257 e. The summed E-state index contributed by atoms with van der Waals surface area (Å²) in [5.41, 5.74) is 2.38. The second-order valence-electron chi connectivity index (χ2n) is 6.44. The van der Waals surface area contributed by atoms with Crippen molar-refractivity contribution in [1.82, 2.24) is 25.4 Å². The normalized spacial score (nSPS) is 24.3. The molecule has 0 saturated carbocycles. The van der Waals surface area contributed by atoms with Gasteiger partial charge < -0.3 is 10.2 Å². The summed E-state index contributed by atoms with van der Waals surface area (Å²) >= 11 is 0. The van der Waals surface area contributed by atoms with Crippen LogP contribution >= 0.6 is 0 Å². The third-order valence-electron chi connectivity index (χ3n) is 5.15. The SMILES string of the molecule is O=C(c1cn[nH]c1-c1ccncc1)N1CC[C@@H]2CNC[C@@H]2CC1. The van der Waals surface area contributed by atoms with Crippen LogP contribution < -0.4 is 5.32 Å². The number of hydrogen-bond donors (Lipinski definition) is 2.